The first-order valence-corrected chi connectivity index (χ1v) is 7.67. The van der Waals surface area contributed by atoms with Gasteiger partial charge in [0.05, 0.1) is 0 Å². The van der Waals surface area contributed by atoms with Crippen molar-refractivity contribution in [2.45, 2.75) is 26.3 Å². The molecule has 0 bridgehead atoms. The van der Waals surface area contributed by atoms with Gasteiger partial charge in [-0.2, -0.15) is 0 Å². The zero-order chi connectivity index (χ0) is 15.2. The van der Waals surface area contributed by atoms with Gasteiger partial charge in [0.15, 0.2) is 0 Å². The monoisotopic (exact) mass is 305 g/mol. The molecule has 0 unspecified atom stereocenters. The maximum atomic E-state index is 11.7. The average Bonchev–Trinajstić information content (AvgIpc) is 2.86. The van der Waals surface area contributed by atoms with Crippen LogP contribution in [0.1, 0.15) is 19.0 Å². The van der Waals surface area contributed by atoms with Crippen molar-refractivity contribution in [2.75, 3.05) is 11.9 Å². The van der Waals surface area contributed by atoms with E-state index in [9.17, 15) is 4.79 Å². The fourth-order valence-electron chi connectivity index (χ4n) is 1.84. The molecule has 0 saturated heterocycles. The molecule has 5 nitrogen and oxygen atoms in total. The van der Waals surface area contributed by atoms with Gasteiger partial charge in [-0.05, 0) is 44.5 Å². The molecule has 6 heteroatoms. The Bertz CT molecular complexity index is 595. The lowest BCUT2D eigenvalue weighted by Crippen LogP contribution is -2.36. The predicted molar refractivity (Wildman–Crippen MR) is 85.6 cm³/mol. The highest BCUT2D eigenvalue weighted by molar-refractivity contribution is 7.13. The number of nitrogens with zero attached hydrogens (tertiary/aromatic N) is 1. The minimum absolute atomic E-state index is 0.0589. The maximum Gasteiger partial charge on any atom is 0.319 e. The van der Waals surface area contributed by atoms with Crippen LogP contribution in [0.5, 0.6) is 0 Å². The van der Waals surface area contributed by atoms with E-state index < -0.39 is 0 Å². The van der Waals surface area contributed by atoms with Crippen molar-refractivity contribution in [2.24, 2.45) is 0 Å². The molecule has 1 aromatic carbocycles. The van der Waals surface area contributed by atoms with Crippen LogP contribution in [0.4, 0.5) is 10.5 Å². The van der Waals surface area contributed by atoms with Crippen LogP contribution in [-0.2, 0) is 0 Å². The van der Waals surface area contributed by atoms with Crippen LogP contribution in [0, 0.1) is 6.92 Å². The molecular weight excluding hydrogens is 286 g/mol. The first kappa shape index (κ1) is 15.5. The van der Waals surface area contributed by atoms with Crippen LogP contribution >= 0.6 is 11.3 Å². The normalized spacial score (nSPS) is 12.0. The number of carbonyl (C=O) groups excluding carboxylic acids is 1. The van der Waals surface area contributed by atoms with Crippen molar-refractivity contribution >= 4 is 23.1 Å². The lowest BCUT2D eigenvalue weighted by atomic mass is 10.2. The van der Waals surface area contributed by atoms with E-state index in [1.165, 1.54) is 0 Å². The molecule has 112 valence electrons. The van der Waals surface area contributed by atoms with Gasteiger partial charge in [-0.3, -0.25) is 0 Å². The molecule has 2 rings (SSSR count). The van der Waals surface area contributed by atoms with Gasteiger partial charge in [0.25, 0.3) is 0 Å². The van der Waals surface area contributed by atoms with E-state index >= 15 is 0 Å². The number of carbonyl (C=O) groups is 1. The molecule has 2 aromatic rings. The molecule has 0 saturated carbocycles. The van der Waals surface area contributed by atoms with Gasteiger partial charge in [-0.25, -0.2) is 9.78 Å². The number of amides is 2. The van der Waals surface area contributed by atoms with Crippen molar-refractivity contribution in [1.29, 1.82) is 0 Å². The topological polar surface area (TPSA) is 74.2 Å². The molecule has 2 amide bonds. The number of aliphatic hydroxyl groups is 1. The van der Waals surface area contributed by atoms with Crippen molar-refractivity contribution in [3.63, 3.8) is 0 Å². The fourth-order valence-corrected chi connectivity index (χ4v) is 2.64. The highest BCUT2D eigenvalue weighted by Gasteiger charge is 2.07. The molecular formula is C15H19N3O2S. The van der Waals surface area contributed by atoms with Crippen LogP contribution < -0.4 is 10.6 Å². The van der Waals surface area contributed by atoms with Gasteiger partial charge in [0.2, 0.25) is 0 Å². The molecule has 0 spiro atoms. The third-order valence-electron chi connectivity index (χ3n) is 2.95. The quantitative estimate of drug-likeness (QED) is 0.795. The Labute approximate surface area is 128 Å². The van der Waals surface area contributed by atoms with Gasteiger partial charge in [0, 0.05) is 35.0 Å². The molecule has 1 atom stereocenters. The summed E-state index contributed by atoms with van der Waals surface area (Å²) in [5, 5.41) is 17.3. The Kier molecular flexibility index (Phi) is 5.30. The van der Waals surface area contributed by atoms with E-state index in [2.05, 4.69) is 15.6 Å². The summed E-state index contributed by atoms with van der Waals surface area (Å²) in [5.74, 6) is 0. The summed E-state index contributed by atoms with van der Waals surface area (Å²) in [4.78, 5) is 16.2. The molecule has 0 aliphatic heterocycles. The van der Waals surface area contributed by atoms with E-state index in [-0.39, 0.29) is 18.7 Å². The number of anilines is 1. The number of aromatic nitrogens is 1. The van der Waals surface area contributed by atoms with Gasteiger partial charge in [-0.15, -0.1) is 11.3 Å². The molecule has 0 aliphatic rings. The third kappa shape index (κ3) is 4.54. The van der Waals surface area contributed by atoms with Crippen LogP contribution in [-0.4, -0.2) is 28.8 Å². The van der Waals surface area contributed by atoms with Crippen molar-refractivity contribution < 1.29 is 9.90 Å². The number of urea groups is 1. The van der Waals surface area contributed by atoms with E-state index in [1.54, 1.807) is 11.3 Å². The third-order valence-corrected chi connectivity index (χ3v) is 3.96. The Hall–Kier alpha value is -1.92. The van der Waals surface area contributed by atoms with Gasteiger partial charge >= 0.3 is 6.03 Å². The number of aliphatic hydroxyl groups excluding tert-OH is 1. The number of rotatable bonds is 5. The van der Waals surface area contributed by atoms with Crippen molar-refractivity contribution in [3.05, 3.63) is 35.3 Å². The van der Waals surface area contributed by atoms with Gasteiger partial charge in [-0.1, -0.05) is 0 Å². The standard InChI is InChI=1S/C15H19N3O2S/c1-10(7-8-19)17-15(20)18-13-5-3-12(4-6-13)14-16-11(2)9-21-14/h3-6,9-10,19H,7-8H2,1-2H3,(H2,17,18,20)/t10-/m1/s1. The number of aryl methyl sites for hydroxylation is 1. The predicted octanol–water partition coefficient (Wildman–Crippen LogP) is 3.01. The number of benzene rings is 1. The lowest BCUT2D eigenvalue weighted by molar-refractivity contribution is 0.241. The Morgan fingerprint density at radius 3 is 2.67 bits per heavy atom. The van der Waals surface area contributed by atoms with Crippen molar-refractivity contribution in [1.82, 2.24) is 10.3 Å². The first-order valence-electron chi connectivity index (χ1n) is 6.79. The van der Waals surface area contributed by atoms with Crippen LogP contribution in [0.2, 0.25) is 0 Å². The summed E-state index contributed by atoms with van der Waals surface area (Å²) in [5.41, 5.74) is 2.77. The summed E-state index contributed by atoms with van der Waals surface area (Å²) in [6.07, 6.45) is 0.537. The van der Waals surface area contributed by atoms with Crippen LogP contribution in [0.3, 0.4) is 0 Å². The second kappa shape index (κ2) is 7.19. The number of thiazole rings is 1. The maximum absolute atomic E-state index is 11.7. The Balaban J connectivity index is 1.95. The van der Waals surface area contributed by atoms with Crippen molar-refractivity contribution in [3.8, 4) is 10.6 Å². The summed E-state index contributed by atoms with van der Waals surface area (Å²) in [6.45, 7) is 3.88. The smallest absolute Gasteiger partial charge is 0.319 e. The number of hydrogen-bond acceptors (Lipinski definition) is 4. The largest absolute Gasteiger partial charge is 0.396 e. The molecule has 0 aliphatic carbocycles. The summed E-state index contributed by atoms with van der Waals surface area (Å²) in [7, 11) is 0. The fraction of sp³-hybridized carbons (Fsp3) is 0.333. The van der Waals surface area contributed by atoms with E-state index in [0.29, 0.717) is 6.42 Å². The zero-order valence-electron chi connectivity index (χ0n) is 12.1. The second-order valence-electron chi connectivity index (χ2n) is 4.88. The minimum atomic E-state index is -0.270. The van der Waals surface area contributed by atoms with E-state index in [4.69, 9.17) is 5.11 Å². The second-order valence-corrected chi connectivity index (χ2v) is 5.74. The average molecular weight is 305 g/mol. The molecule has 0 fully saturated rings. The molecule has 1 heterocycles. The van der Waals surface area contributed by atoms with E-state index in [1.807, 2.05) is 43.5 Å². The zero-order valence-corrected chi connectivity index (χ0v) is 12.9. The summed E-state index contributed by atoms with van der Waals surface area (Å²) >= 11 is 1.60. The lowest BCUT2D eigenvalue weighted by Gasteiger charge is -2.13. The SMILES string of the molecule is Cc1csc(-c2ccc(NC(=O)N[C@H](C)CCO)cc2)n1. The van der Waals surface area contributed by atoms with Crippen LogP contribution in [0.25, 0.3) is 10.6 Å². The number of hydrogen-bond donors (Lipinski definition) is 3. The summed E-state index contributed by atoms with van der Waals surface area (Å²) < 4.78 is 0. The molecule has 0 radical (unpaired) electrons. The molecule has 21 heavy (non-hydrogen) atoms. The van der Waals surface area contributed by atoms with Gasteiger partial charge in [0.1, 0.15) is 5.01 Å². The highest BCUT2D eigenvalue weighted by atomic mass is 32.1. The molecule has 1 aromatic heterocycles. The minimum Gasteiger partial charge on any atom is -0.396 e. The van der Waals surface area contributed by atoms with E-state index in [0.717, 1.165) is 22.0 Å². The van der Waals surface area contributed by atoms with Crippen LogP contribution in [0.15, 0.2) is 29.6 Å². The summed E-state index contributed by atoms with van der Waals surface area (Å²) in [6, 6.07) is 7.24. The first-order chi connectivity index (χ1) is 10.1. The Morgan fingerprint density at radius 1 is 1.38 bits per heavy atom. The number of nitrogens with one attached hydrogen (secondary N) is 2. The Morgan fingerprint density at radius 2 is 2.10 bits per heavy atom. The molecule has 3 N–H and O–H groups in total. The highest BCUT2D eigenvalue weighted by Crippen LogP contribution is 2.24. The van der Waals surface area contributed by atoms with Gasteiger partial charge < -0.3 is 15.7 Å².